The van der Waals surface area contributed by atoms with E-state index < -0.39 is 0 Å². The van der Waals surface area contributed by atoms with Crippen LogP contribution >= 0.6 is 0 Å². The minimum Gasteiger partial charge on any atom is -0.461 e. The molecular weight excluding hydrogens is 206 g/mol. The Labute approximate surface area is 94.2 Å². The van der Waals surface area contributed by atoms with Crippen molar-refractivity contribution >= 4 is 5.78 Å². The lowest BCUT2D eigenvalue weighted by Crippen LogP contribution is -2.49. The fraction of sp³-hybridized carbons (Fsp3) is 0.583. The Morgan fingerprint density at radius 2 is 2.44 bits per heavy atom. The van der Waals surface area contributed by atoms with E-state index in [-0.39, 0.29) is 11.9 Å². The van der Waals surface area contributed by atoms with Crippen LogP contribution in [0.4, 0.5) is 0 Å². The lowest BCUT2D eigenvalue weighted by molar-refractivity contribution is -0.0354. The smallest absolute Gasteiger partial charge is 0.227 e. The lowest BCUT2D eigenvalue weighted by atomic mass is 10.1. The van der Waals surface area contributed by atoms with E-state index in [0.717, 1.165) is 6.54 Å². The van der Waals surface area contributed by atoms with E-state index in [2.05, 4.69) is 4.90 Å². The number of rotatable bonds is 2. The molecule has 0 radical (unpaired) electrons. The Balaban J connectivity index is 1.70. The first-order valence-corrected chi connectivity index (χ1v) is 5.78. The van der Waals surface area contributed by atoms with Crippen LogP contribution in [0.1, 0.15) is 23.4 Å². The van der Waals surface area contributed by atoms with Crippen LogP contribution in [0.2, 0.25) is 0 Å². The molecule has 2 atom stereocenters. The zero-order valence-electron chi connectivity index (χ0n) is 9.09. The SMILES string of the molecule is O=C(c1ccco1)C1CN2CCCC2CO1. The summed E-state index contributed by atoms with van der Waals surface area (Å²) < 4.78 is 10.7. The number of furan rings is 1. The van der Waals surface area contributed by atoms with E-state index >= 15 is 0 Å². The molecule has 2 aliphatic heterocycles. The fourth-order valence-corrected chi connectivity index (χ4v) is 2.55. The molecule has 1 aromatic heterocycles. The van der Waals surface area contributed by atoms with Crippen molar-refractivity contribution in [2.45, 2.75) is 25.0 Å². The summed E-state index contributed by atoms with van der Waals surface area (Å²) in [5, 5.41) is 0. The quantitative estimate of drug-likeness (QED) is 0.706. The van der Waals surface area contributed by atoms with Crippen LogP contribution in [0.3, 0.4) is 0 Å². The minimum absolute atomic E-state index is 0.0321. The average Bonchev–Trinajstić information content (AvgIpc) is 2.98. The van der Waals surface area contributed by atoms with E-state index in [1.807, 2.05) is 0 Å². The second-order valence-corrected chi connectivity index (χ2v) is 4.45. The van der Waals surface area contributed by atoms with Gasteiger partial charge in [0.15, 0.2) is 5.76 Å². The van der Waals surface area contributed by atoms with Gasteiger partial charge in [0, 0.05) is 12.6 Å². The van der Waals surface area contributed by atoms with Gasteiger partial charge < -0.3 is 9.15 Å². The van der Waals surface area contributed by atoms with Crippen LogP contribution in [-0.4, -0.2) is 42.5 Å². The van der Waals surface area contributed by atoms with E-state index in [4.69, 9.17) is 9.15 Å². The number of nitrogens with zero attached hydrogens (tertiary/aromatic N) is 1. The van der Waals surface area contributed by atoms with Crippen molar-refractivity contribution in [2.24, 2.45) is 0 Å². The van der Waals surface area contributed by atoms with Crippen molar-refractivity contribution < 1.29 is 13.9 Å². The number of morpholine rings is 1. The van der Waals surface area contributed by atoms with Gasteiger partial charge in [-0.1, -0.05) is 0 Å². The summed E-state index contributed by atoms with van der Waals surface area (Å²) in [6.45, 7) is 2.48. The van der Waals surface area contributed by atoms with E-state index in [1.165, 1.54) is 19.1 Å². The largest absolute Gasteiger partial charge is 0.461 e. The molecule has 0 N–H and O–H groups in total. The van der Waals surface area contributed by atoms with Gasteiger partial charge in [-0.3, -0.25) is 9.69 Å². The summed E-state index contributed by atoms with van der Waals surface area (Å²) in [6, 6.07) is 3.96. The standard InChI is InChI=1S/C12H15NO3/c14-12(10-4-2-6-15-10)11-7-13-5-1-3-9(13)8-16-11/h2,4,6,9,11H,1,3,5,7-8H2. The molecule has 0 aliphatic carbocycles. The molecule has 2 aliphatic rings. The van der Waals surface area contributed by atoms with Gasteiger partial charge >= 0.3 is 0 Å². The van der Waals surface area contributed by atoms with Crippen molar-refractivity contribution in [3.8, 4) is 0 Å². The van der Waals surface area contributed by atoms with Gasteiger partial charge in [-0.15, -0.1) is 0 Å². The molecule has 2 saturated heterocycles. The van der Waals surface area contributed by atoms with Crippen LogP contribution in [0, 0.1) is 0 Å². The molecule has 1 aromatic rings. The first-order chi connectivity index (χ1) is 7.84. The third-order valence-corrected chi connectivity index (χ3v) is 3.45. The fourth-order valence-electron chi connectivity index (χ4n) is 2.55. The Morgan fingerprint density at radius 1 is 1.50 bits per heavy atom. The molecule has 4 nitrogen and oxygen atoms in total. The molecule has 0 spiro atoms. The average molecular weight is 221 g/mol. The first-order valence-electron chi connectivity index (χ1n) is 5.78. The van der Waals surface area contributed by atoms with Gasteiger partial charge in [0.05, 0.1) is 12.9 Å². The molecule has 3 heterocycles. The number of ketones is 1. The van der Waals surface area contributed by atoms with Crippen molar-refractivity contribution in [3.05, 3.63) is 24.2 Å². The third kappa shape index (κ3) is 1.68. The van der Waals surface area contributed by atoms with Crippen LogP contribution in [0.5, 0.6) is 0 Å². The Hall–Kier alpha value is -1.13. The van der Waals surface area contributed by atoms with Crippen molar-refractivity contribution in [1.29, 1.82) is 0 Å². The molecule has 2 unspecified atom stereocenters. The van der Waals surface area contributed by atoms with Crippen LogP contribution in [-0.2, 0) is 4.74 Å². The second-order valence-electron chi connectivity index (χ2n) is 4.45. The monoisotopic (exact) mass is 221 g/mol. The summed E-state index contributed by atoms with van der Waals surface area (Å²) in [5.41, 5.74) is 0. The maximum absolute atomic E-state index is 12.0. The van der Waals surface area contributed by atoms with Gasteiger partial charge in [-0.05, 0) is 31.5 Å². The van der Waals surface area contributed by atoms with Crippen LogP contribution < -0.4 is 0 Å². The Kier molecular flexibility index (Phi) is 2.53. The molecule has 3 rings (SSSR count). The molecule has 86 valence electrons. The number of hydrogen-bond donors (Lipinski definition) is 0. The van der Waals surface area contributed by atoms with Gasteiger partial charge in [0.2, 0.25) is 5.78 Å². The van der Waals surface area contributed by atoms with Gasteiger partial charge in [0.25, 0.3) is 0 Å². The molecule has 0 saturated carbocycles. The van der Waals surface area contributed by atoms with Gasteiger partial charge in [0.1, 0.15) is 6.10 Å². The molecule has 16 heavy (non-hydrogen) atoms. The van der Waals surface area contributed by atoms with E-state index in [9.17, 15) is 4.79 Å². The number of carbonyl (C=O) groups excluding carboxylic acids is 1. The first kappa shape index (κ1) is 10.1. The summed E-state index contributed by atoms with van der Waals surface area (Å²) >= 11 is 0. The summed E-state index contributed by atoms with van der Waals surface area (Å²) in [7, 11) is 0. The molecular formula is C12H15NO3. The Bertz CT molecular complexity index is 374. The maximum atomic E-state index is 12.0. The highest BCUT2D eigenvalue weighted by Crippen LogP contribution is 2.24. The van der Waals surface area contributed by atoms with Crippen molar-refractivity contribution in [1.82, 2.24) is 4.90 Å². The predicted octanol–water partition coefficient (Wildman–Crippen LogP) is 1.33. The second kappa shape index (κ2) is 4.03. The highest BCUT2D eigenvalue weighted by Gasteiger charge is 2.36. The molecule has 2 fully saturated rings. The molecule has 0 aromatic carbocycles. The molecule has 0 amide bonds. The highest BCUT2D eigenvalue weighted by atomic mass is 16.5. The highest BCUT2D eigenvalue weighted by molar-refractivity contribution is 5.97. The van der Waals surface area contributed by atoms with Crippen molar-refractivity contribution in [3.63, 3.8) is 0 Å². The lowest BCUT2D eigenvalue weighted by Gasteiger charge is -2.33. The minimum atomic E-state index is -0.347. The normalized spacial score (nSPS) is 30.2. The molecule has 4 heteroatoms. The number of ether oxygens (including phenoxy) is 1. The zero-order valence-corrected chi connectivity index (χ0v) is 9.09. The number of hydrogen-bond acceptors (Lipinski definition) is 4. The number of carbonyl (C=O) groups is 1. The van der Waals surface area contributed by atoms with Gasteiger partial charge in [-0.25, -0.2) is 0 Å². The Morgan fingerprint density at radius 3 is 3.25 bits per heavy atom. The zero-order chi connectivity index (χ0) is 11.0. The van der Waals surface area contributed by atoms with Gasteiger partial charge in [-0.2, -0.15) is 0 Å². The predicted molar refractivity (Wildman–Crippen MR) is 57.4 cm³/mol. The summed E-state index contributed by atoms with van der Waals surface area (Å²) in [4.78, 5) is 14.4. The van der Waals surface area contributed by atoms with Crippen molar-refractivity contribution in [2.75, 3.05) is 19.7 Å². The third-order valence-electron chi connectivity index (χ3n) is 3.45. The number of fused-ring (bicyclic) bond motifs is 1. The van der Waals surface area contributed by atoms with Crippen LogP contribution in [0.15, 0.2) is 22.8 Å². The van der Waals surface area contributed by atoms with Crippen LogP contribution in [0.25, 0.3) is 0 Å². The summed E-state index contributed by atoms with van der Waals surface area (Å²) in [5.74, 6) is 0.373. The number of Topliss-reactive ketones (excluding diaryl/α,β-unsaturated/α-hetero) is 1. The molecule has 0 bridgehead atoms. The summed E-state index contributed by atoms with van der Waals surface area (Å²) in [6.07, 6.45) is 3.59. The maximum Gasteiger partial charge on any atom is 0.227 e. The van der Waals surface area contributed by atoms with E-state index in [0.29, 0.717) is 25.0 Å². The van der Waals surface area contributed by atoms with E-state index in [1.54, 1.807) is 12.1 Å². The topological polar surface area (TPSA) is 42.7 Å².